The van der Waals surface area contributed by atoms with Crippen LogP contribution >= 0.6 is 0 Å². The zero-order valence-corrected chi connectivity index (χ0v) is 11.3. The topological polar surface area (TPSA) is 38.3 Å². The third-order valence-corrected chi connectivity index (χ3v) is 3.08. The molecule has 0 saturated heterocycles. The van der Waals surface area contributed by atoms with E-state index in [2.05, 4.69) is 18.3 Å². The van der Waals surface area contributed by atoms with Gasteiger partial charge in [0.15, 0.2) is 0 Å². The lowest BCUT2D eigenvalue weighted by Crippen LogP contribution is -2.24. The number of furan rings is 2. The van der Waals surface area contributed by atoms with Crippen molar-refractivity contribution in [3.05, 3.63) is 47.3 Å². The van der Waals surface area contributed by atoms with E-state index in [1.807, 2.05) is 26.0 Å². The van der Waals surface area contributed by atoms with Gasteiger partial charge in [-0.3, -0.25) is 0 Å². The predicted molar refractivity (Wildman–Crippen MR) is 71.6 cm³/mol. The molecular formula is C15H21NO2. The van der Waals surface area contributed by atoms with Gasteiger partial charge in [0.25, 0.3) is 0 Å². The van der Waals surface area contributed by atoms with Crippen molar-refractivity contribution >= 4 is 0 Å². The molecule has 3 nitrogen and oxygen atoms in total. The summed E-state index contributed by atoms with van der Waals surface area (Å²) in [4.78, 5) is 0. The third kappa shape index (κ3) is 3.05. The normalized spacial score (nSPS) is 12.8. The highest BCUT2D eigenvalue weighted by atomic mass is 16.3. The Hall–Kier alpha value is -1.48. The molecular weight excluding hydrogens is 226 g/mol. The molecule has 1 unspecified atom stereocenters. The first-order valence-electron chi connectivity index (χ1n) is 6.53. The molecule has 0 aliphatic heterocycles. The molecule has 0 aliphatic carbocycles. The van der Waals surface area contributed by atoms with Crippen LogP contribution in [0.3, 0.4) is 0 Å². The summed E-state index contributed by atoms with van der Waals surface area (Å²) in [5, 5.41) is 3.56. The van der Waals surface area contributed by atoms with Gasteiger partial charge in [-0.15, -0.1) is 0 Å². The Labute approximate surface area is 108 Å². The molecule has 2 aromatic heterocycles. The van der Waals surface area contributed by atoms with Gasteiger partial charge >= 0.3 is 0 Å². The third-order valence-electron chi connectivity index (χ3n) is 3.08. The van der Waals surface area contributed by atoms with E-state index in [0.717, 1.165) is 36.7 Å². The lowest BCUT2D eigenvalue weighted by atomic mass is 10.0. The maximum absolute atomic E-state index is 5.62. The number of nitrogens with one attached hydrogen (secondary N) is 1. The van der Waals surface area contributed by atoms with Crippen molar-refractivity contribution in [2.75, 3.05) is 6.54 Å². The quantitative estimate of drug-likeness (QED) is 0.844. The van der Waals surface area contributed by atoms with E-state index in [1.165, 1.54) is 5.56 Å². The van der Waals surface area contributed by atoms with Gasteiger partial charge < -0.3 is 14.2 Å². The fourth-order valence-electron chi connectivity index (χ4n) is 2.24. The number of hydrogen-bond donors (Lipinski definition) is 1. The molecule has 2 aromatic rings. The molecule has 0 saturated carbocycles. The van der Waals surface area contributed by atoms with Crippen LogP contribution in [0.2, 0.25) is 0 Å². The molecule has 1 atom stereocenters. The Kier molecular flexibility index (Phi) is 4.26. The molecule has 2 heterocycles. The fourth-order valence-corrected chi connectivity index (χ4v) is 2.24. The molecule has 98 valence electrons. The average Bonchev–Trinajstić information content (AvgIpc) is 2.94. The molecule has 1 N–H and O–H groups in total. The predicted octanol–water partition coefficient (Wildman–Crippen LogP) is 3.77. The van der Waals surface area contributed by atoms with Crippen molar-refractivity contribution in [2.45, 2.75) is 39.7 Å². The summed E-state index contributed by atoms with van der Waals surface area (Å²) in [6.07, 6.45) is 3.69. The maximum atomic E-state index is 5.62. The van der Waals surface area contributed by atoms with Gasteiger partial charge in [0.1, 0.15) is 17.3 Å². The standard InChI is InChI=1S/C15H21NO2/c1-4-7-16-15(10-13-6-5-8-17-13)14-9-11(2)18-12(14)3/h5-6,8-9,15-16H,4,7,10H2,1-3H3. The molecule has 0 amide bonds. The maximum Gasteiger partial charge on any atom is 0.105 e. The lowest BCUT2D eigenvalue weighted by molar-refractivity contribution is 0.440. The first kappa shape index (κ1) is 13.0. The molecule has 0 bridgehead atoms. The number of aryl methyl sites for hydroxylation is 2. The van der Waals surface area contributed by atoms with E-state index >= 15 is 0 Å². The van der Waals surface area contributed by atoms with Crippen molar-refractivity contribution in [2.24, 2.45) is 0 Å². The van der Waals surface area contributed by atoms with Crippen molar-refractivity contribution in [1.82, 2.24) is 5.32 Å². The van der Waals surface area contributed by atoms with Gasteiger partial charge in [-0.1, -0.05) is 6.92 Å². The van der Waals surface area contributed by atoms with Crippen LogP contribution in [-0.2, 0) is 6.42 Å². The SMILES string of the molecule is CCCNC(Cc1ccco1)c1cc(C)oc1C. The lowest BCUT2D eigenvalue weighted by Gasteiger charge is -2.16. The first-order chi connectivity index (χ1) is 8.70. The van der Waals surface area contributed by atoms with Gasteiger partial charge in [-0.25, -0.2) is 0 Å². The van der Waals surface area contributed by atoms with Crippen LogP contribution in [0.4, 0.5) is 0 Å². The van der Waals surface area contributed by atoms with Crippen LogP contribution in [-0.4, -0.2) is 6.54 Å². The van der Waals surface area contributed by atoms with E-state index in [4.69, 9.17) is 8.83 Å². The second-order valence-corrected chi connectivity index (χ2v) is 4.66. The Balaban J connectivity index is 2.16. The monoisotopic (exact) mass is 247 g/mol. The van der Waals surface area contributed by atoms with Gasteiger partial charge in [-0.05, 0) is 45.0 Å². The molecule has 18 heavy (non-hydrogen) atoms. The Morgan fingerprint density at radius 3 is 2.72 bits per heavy atom. The minimum atomic E-state index is 0.258. The van der Waals surface area contributed by atoms with Crippen LogP contribution in [0.1, 0.15) is 42.2 Å². The summed E-state index contributed by atoms with van der Waals surface area (Å²) in [6.45, 7) is 7.17. The number of hydrogen-bond acceptors (Lipinski definition) is 3. The summed E-state index contributed by atoms with van der Waals surface area (Å²) in [5.74, 6) is 2.96. The Bertz CT molecular complexity index is 471. The zero-order valence-electron chi connectivity index (χ0n) is 11.3. The van der Waals surface area contributed by atoms with Gasteiger partial charge in [0.2, 0.25) is 0 Å². The molecule has 0 spiro atoms. The smallest absolute Gasteiger partial charge is 0.105 e. The molecule has 0 aliphatic rings. The highest BCUT2D eigenvalue weighted by Crippen LogP contribution is 2.25. The van der Waals surface area contributed by atoms with E-state index in [1.54, 1.807) is 6.26 Å². The largest absolute Gasteiger partial charge is 0.469 e. The molecule has 0 aromatic carbocycles. The molecule has 0 radical (unpaired) electrons. The fraction of sp³-hybridized carbons (Fsp3) is 0.467. The highest BCUT2D eigenvalue weighted by molar-refractivity contribution is 5.25. The minimum absolute atomic E-state index is 0.258. The van der Waals surface area contributed by atoms with Gasteiger partial charge in [-0.2, -0.15) is 0 Å². The first-order valence-corrected chi connectivity index (χ1v) is 6.53. The summed E-state index contributed by atoms with van der Waals surface area (Å²) >= 11 is 0. The van der Waals surface area contributed by atoms with Gasteiger partial charge in [0, 0.05) is 18.0 Å². The minimum Gasteiger partial charge on any atom is -0.469 e. The van der Waals surface area contributed by atoms with E-state index < -0.39 is 0 Å². The van der Waals surface area contributed by atoms with Crippen LogP contribution in [0.15, 0.2) is 33.3 Å². The molecule has 3 heteroatoms. The summed E-state index contributed by atoms with van der Waals surface area (Å²) < 4.78 is 11.1. The van der Waals surface area contributed by atoms with Crippen molar-refractivity contribution in [1.29, 1.82) is 0 Å². The summed E-state index contributed by atoms with van der Waals surface area (Å²) in [6, 6.07) is 6.32. The average molecular weight is 247 g/mol. The second kappa shape index (κ2) is 5.91. The van der Waals surface area contributed by atoms with Crippen molar-refractivity contribution < 1.29 is 8.83 Å². The van der Waals surface area contributed by atoms with E-state index in [-0.39, 0.29) is 6.04 Å². The van der Waals surface area contributed by atoms with Crippen LogP contribution < -0.4 is 5.32 Å². The van der Waals surface area contributed by atoms with Gasteiger partial charge in [0.05, 0.1) is 6.26 Å². The number of rotatable bonds is 6. The Morgan fingerprint density at radius 2 is 2.17 bits per heavy atom. The highest BCUT2D eigenvalue weighted by Gasteiger charge is 2.18. The van der Waals surface area contributed by atoms with Crippen LogP contribution in [0.5, 0.6) is 0 Å². The Morgan fingerprint density at radius 1 is 1.33 bits per heavy atom. The second-order valence-electron chi connectivity index (χ2n) is 4.66. The molecule has 2 rings (SSSR count). The van der Waals surface area contributed by atoms with E-state index in [0.29, 0.717) is 0 Å². The van der Waals surface area contributed by atoms with Crippen LogP contribution in [0, 0.1) is 13.8 Å². The molecule has 0 fully saturated rings. The summed E-state index contributed by atoms with van der Waals surface area (Å²) in [7, 11) is 0. The van der Waals surface area contributed by atoms with E-state index in [9.17, 15) is 0 Å². The van der Waals surface area contributed by atoms with Crippen LogP contribution in [0.25, 0.3) is 0 Å². The zero-order chi connectivity index (χ0) is 13.0. The summed E-state index contributed by atoms with van der Waals surface area (Å²) in [5.41, 5.74) is 1.23. The van der Waals surface area contributed by atoms with Crippen molar-refractivity contribution in [3.8, 4) is 0 Å². The van der Waals surface area contributed by atoms with Crippen molar-refractivity contribution in [3.63, 3.8) is 0 Å².